The first kappa shape index (κ1) is 16.0. The smallest absolute Gasteiger partial charge is 0.399 e. The molecule has 2 aromatic heterocycles. The first-order valence-electron chi connectivity index (χ1n) is 7.07. The van der Waals surface area contributed by atoms with Gasteiger partial charge in [-0.05, 0) is 17.7 Å². The van der Waals surface area contributed by atoms with Crippen molar-refractivity contribution in [3.63, 3.8) is 0 Å². The van der Waals surface area contributed by atoms with E-state index in [0.29, 0.717) is 17.7 Å². The van der Waals surface area contributed by atoms with Crippen LogP contribution >= 0.6 is 0 Å². The molecule has 9 heteroatoms. The lowest BCUT2D eigenvalue weighted by Crippen LogP contribution is -2.18. The highest BCUT2D eigenvalue weighted by atomic mass is 19.4. The van der Waals surface area contributed by atoms with Crippen LogP contribution in [-0.2, 0) is 12.7 Å². The summed E-state index contributed by atoms with van der Waals surface area (Å²) >= 11 is 0. The van der Waals surface area contributed by atoms with Crippen LogP contribution in [-0.4, -0.2) is 33.6 Å². The number of nitrogen functional groups attached to an aromatic ring is 1. The van der Waals surface area contributed by atoms with Crippen molar-refractivity contribution in [3.05, 3.63) is 42.0 Å². The fourth-order valence-corrected chi connectivity index (χ4v) is 2.37. The van der Waals surface area contributed by atoms with Crippen LogP contribution in [0.5, 0.6) is 0 Å². The first-order chi connectivity index (χ1) is 11.3. The highest BCUT2D eigenvalue weighted by molar-refractivity contribution is 5.83. The fraction of sp³-hybridized carbons (Fsp3) is 0.267. The zero-order chi connectivity index (χ0) is 17.5. The van der Waals surface area contributed by atoms with Gasteiger partial charge in [0.05, 0.1) is 12.9 Å². The minimum Gasteiger partial charge on any atom is -0.399 e. The van der Waals surface area contributed by atoms with Gasteiger partial charge in [0.1, 0.15) is 0 Å². The number of hydrogen-bond acceptors (Lipinski definition) is 5. The molecule has 3 aromatic rings. The number of nitrogens with zero attached hydrogens (tertiary/aromatic N) is 5. The maximum Gasteiger partial charge on any atom is 0.451 e. The summed E-state index contributed by atoms with van der Waals surface area (Å²) in [6.07, 6.45) is -3.18. The number of halogens is 3. The molecule has 0 aliphatic rings. The Labute approximate surface area is 135 Å². The fourth-order valence-electron chi connectivity index (χ4n) is 2.37. The minimum absolute atomic E-state index is 0.124. The van der Waals surface area contributed by atoms with Gasteiger partial charge in [0, 0.05) is 19.8 Å². The third-order valence-electron chi connectivity index (χ3n) is 3.43. The molecule has 24 heavy (non-hydrogen) atoms. The number of hydrogen-bond donors (Lipinski definition) is 1. The van der Waals surface area contributed by atoms with Gasteiger partial charge < -0.3 is 15.2 Å². The van der Waals surface area contributed by atoms with E-state index < -0.39 is 12.0 Å². The lowest BCUT2D eigenvalue weighted by Gasteiger charge is -2.14. The Bertz CT molecular complexity index is 885. The molecular weight excluding hydrogens is 321 g/mol. The summed E-state index contributed by atoms with van der Waals surface area (Å²) in [6, 6.07) is 7.11. The molecule has 2 heterocycles. The van der Waals surface area contributed by atoms with Crippen LogP contribution in [0.4, 0.5) is 24.7 Å². The summed E-state index contributed by atoms with van der Waals surface area (Å²) in [7, 11) is 3.22. The summed E-state index contributed by atoms with van der Waals surface area (Å²) in [5.41, 5.74) is 7.60. The quantitative estimate of drug-likeness (QED) is 0.744. The number of fused-ring (bicyclic) bond motifs is 1. The van der Waals surface area contributed by atoms with Crippen molar-refractivity contribution in [2.24, 2.45) is 0 Å². The number of nitrogens with two attached hydrogens (primary N) is 1. The normalized spacial score (nSPS) is 11.9. The van der Waals surface area contributed by atoms with Gasteiger partial charge in [-0.3, -0.25) is 0 Å². The molecule has 0 bridgehead atoms. The van der Waals surface area contributed by atoms with Crippen LogP contribution in [0.3, 0.4) is 0 Å². The van der Waals surface area contributed by atoms with Gasteiger partial charge in [0.15, 0.2) is 17.0 Å². The van der Waals surface area contributed by atoms with E-state index in [1.807, 2.05) is 6.07 Å². The molecule has 0 aliphatic carbocycles. The van der Waals surface area contributed by atoms with Gasteiger partial charge in [-0.15, -0.1) is 0 Å². The number of alkyl halides is 3. The summed E-state index contributed by atoms with van der Waals surface area (Å²) in [6.45, 7) is 0.308. The summed E-state index contributed by atoms with van der Waals surface area (Å²) in [5, 5.41) is 0. The molecular formula is C15H15F3N6. The maximum atomic E-state index is 13.1. The lowest BCUT2D eigenvalue weighted by molar-refractivity contribution is -0.144. The zero-order valence-corrected chi connectivity index (χ0v) is 13.0. The average molecular weight is 336 g/mol. The van der Waals surface area contributed by atoms with Crippen molar-refractivity contribution in [1.29, 1.82) is 0 Å². The lowest BCUT2D eigenvalue weighted by atomic mass is 10.2. The van der Waals surface area contributed by atoms with Crippen molar-refractivity contribution in [3.8, 4) is 0 Å². The van der Waals surface area contributed by atoms with Crippen molar-refractivity contribution in [2.45, 2.75) is 12.7 Å². The molecule has 0 spiro atoms. The van der Waals surface area contributed by atoms with E-state index >= 15 is 0 Å². The molecule has 0 radical (unpaired) electrons. The molecule has 0 amide bonds. The van der Waals surface area contributed by atoms with Crippen LogP contribution in [0.1, 0.15) is 11.4 Å². The van der Waals surface area contributed by atoms with Crippen molar-refractivity contribution in [1.82, 2.24) is 19.5 Å². The molecule has 2 N–H and O–H groups in total. The standard InChI is InChI=1S/C15H15F3N6/c1-23(2)12-11-13(22-14(21-12)15(16,17)18)24(8-20-11)7-9-4-3-5-10(19)6-9/h3-6,8H,7,19H2,1-2H3. The number of imidazole rings is 1. The second kappa shape index (κ2) is 5.66. The van der Waals surface area contributed by atoms with Crippen LogP contribution in [0.25, 0.3) is 11.2 Å². The van der Waals surface area contributed by atoms with E-state index in [2.05, 4.69) is 15.0 Å². The molecule has 0 aliphatic heterocycles. The molecule has 0 saturated heterocycles. The van der Waals surface area contributed by atoms with E-state index in [1.165, 1.54) is 11.2 Å². The number of benzene rings is 1. The second-order valence-corrected chi connectivity index (χ2v) is 5.55. The van der Waals surface area contributed by atoms with Crippen LogP contribution in [0, 0.1) is 0 Å². The summed E-state index contributed by atoms with van der Waals surface area (Å²) in [4.78, 5) is 12.9. The van der Waals surface area contributed by atoms with E-state index in [9.17, 15) is 13.2 Å². The van der Waals surface area contributed by atoms with Crippen molar-refractivity contribution < 1.29 is 13.2 Å². The highest BCUT2D eigenvalue weighted by Gasteiger charge is 2.36. The monoisotopic (exact) mass is 336 g/mol. The predicted octanol–water partition coefficient (Wildman–Crippen LogP) is 2.54. The Morgan fingerprint density at radius 1 is 1.21 bits per heavy atom. The summed E-state index contributed by atoms with van der Waals surface area (Å²) in [5.74, 6) is -1.06. The van der Waals surface area contributed by atoms with Gasteiger partial charge in [0.25, 0.3) is 0 Å². The van der Waals surface area contributed by atoms with E-state index in [1.54, 1.807) is 36.9 Å². The molecule has 3 rings (SSSR count). The van der Waals surface area contributed by atoms with Gasteiger partial charge in [0.2, 0.25) is 5.82 Å². The Morgan fingerprint density at radius 3 is 2.58 bits per heavy atom. The molecule has 126 valence electrons. The van der Waals surface area contributed by atoms with E-state index in [0.717, 1.165) is 5.56 Å². The Hall–Kier alpha value is -2.84. The van der Waals surface area contributed by atoms with E-state index in [4.69, 9.17) is 5.73 Å². The van der Waals surface area contributed by atoms with Crippen molar-refractivity contribution >= 4 is 22.7 Å². The second-order valence-electron chi connectivity index (χ2n) is 5.55. The molecule has 0 atom stereocenters. The maximum absolute atomic E-state index is 13.1. The Morgan fingerprint density at radius 2 is 1.96 bits per heavy atom. The highest BCUT2D eigenvalue weighted by Crippen LogP contribution is 2.30. The zero-order valence-electron chi connectivity index (χ0n) is 13.0. The van der Waals surface area contributed by atoms with Gasteiger partial charge in [-0.25, -0.2) is 15.0 Å². The minimum atomic E-state index is -4.63. The number of aromatic nitrogens is 4. The summed E-state index contributed by atoms with van der Waals surface area (Å²) < 4.78 is 40.8. The first-order valence-corrected chi connectivity index (χ1v) is 7.07. The Balaban J connectivity index is 2.14. The molecule has 0 fully saturated rings. The predicted molar refractivity (Wildman–Crippen MR) is 84.6 cm³/mol. The van der Waals surface area contributed by atoms with Crippen LogP contribution in [0.2, 0.25) is 0 Å². The Kier molecular flexibility index (Phi) is 3.78. The average Bonchev–Trinajstić information content (AvgIpc) is 2.88. The molecule has 0 unspecified atom stereocenters. The third kappa shape index (κ3) is 2.97. The molecule has 6 nitrogen and oxygen atoms in total. The third-order valence-corrected chi connectivity index (χ3v) is 3.43. The molecule has 1 aromatic carbocycles. The van der Waals surface area contributed by atoms with Crippen LogP contribution < -0.4 is 10.6 Å². The SMILES string of the molecule is CN(C)c1nc(C(F)(F)F)nc2c1ncn2Cc1cccc(N)c1. The number of rotatable bonds is 3. The van der Waals surface area contributed by atoms with Crippen LogP contribution in [0.15, 0.2) is 30.6 Å². The van der Waals surface area contributed by atoms with E-state index in [-0.39, 0.29) is 11.5 Å². The van der Waals surface area contributed by atoms with Gasteiger partial charge in [-0.1, -0.05) is 12.1 Å². The van der Waals surface area contributed by atoms with Gasteiger partial charge >= 0.3 is 6.18 Å². The molecule has 0 saturated carbocycles. The topological polar surface area (TPSA) is 72.9 Å². The largest absolute Gasteiger partial charge is 0.451 e. The number of anilines is 2. The van der Waals surface area contributed by atoms with Crippen molar-refractivity contribution in [2.75, 3.05) is 24.7 Å². The van der Waals surface area contributed by atoms with Gasteiger partial charge in [-0.2, -0.15) is 13.2 Å².